The molecule has 0 aliphatic carbocycles. The molecule has 4 heterocycles. The first-order valence-electron chi connectivity index (χ1n) is 7.45. The third-order valence-corrected chi connectivity index (χ3v) is 5.28. The summed E-state index contributed by atoms with van der Waals surface area (Å²) in [7, 11) is 0. The molecule has 4 fully saturated rings. The van der Waals surface area contributed by atoms with Gasteiger partial charge in [0.05, 0.1) is 18.2 Å². The number of fused-ring (bicyclic) bond motifs is 3. The van der Waals surface area contributed by atoms with E-state index in [9.17, 15) is 9.59 Å². The van der Waals surface area contributed by atoms with Crippen LogP contribution in [0.2, 0.25) is 0 Å². The zero-order valence-electron chi connectivity index (χ0n) is 11.2. The van der Waals surface area contributed by atoms with Crippen molar-refractivity contribution < 1.29 is 14.3 Å². The van der Waals surface area contributed by atoms with Gasteiger partial charge in [0, 0.05) is 6.54 Å². The summed E-state index contributed by atoms with van der Waals surface area (Å²) in [6, 6.07) is -0.370. The van der Waals surface area contributed by atoms with E-state index in [1.54, 1.807) is 4.90 Å². The lowest BCUT2D eigenvalue weighted by Crippen LogP contribution is -2.65. The Morgan fingerprint density at radius 3 is 2.68 bits per heavy atom. The van der Waals surface area contributed by atoms with Crippen molar-refractivity contribution in [1.82, 2.24) is 9.80 Å². The molecule has 0 spiro atoms. The van der Waals surface area contributed by atoms with Crippen molar-refractivity contribution in [3.05, 3.63) is 0 Å². The molecule has 4 aliphatic heterocycles. The van der Waals surface area contributed by atoms with Crippen molar-refractivity contribution in [2.75, 3.05) is 6.54 Å². The highest BCUT2D eigenvalue weighted by Gasteiger charge is 2.53. The Hall–Kier alpha value is -1.10. The first-order chi connectivity index (χ1) is 9.16. The fraction of sp³-hybridized carbons (Fsp3) is 0.857. The van der Waals surface area contributed by atoms with Crippen molar-refractivity contribution in [2.45, 2.75) is 69.4 Å². The number of nitrogens with zero attached hydrogens (tertiary/aromatic N) is 2. The van der Waals surface area contributed by atoms with Gasteiger partial charge in [0.2, 0.25) is 11.8 Å². The molecule has 0 aromatic carbocycles. The van der Waals surface area contributed by atoms with Crippen LogP contribution in [0.1, 0.15) is 39.0 Å². The van der Waals surface area contributed by atoms with Crippen LogP contribution in [0.4, 0.5) is 0 Å². The second-order valence-electron chi connectivity index (χ2n) is 6.29. The molecule has 0 saturated carbocycles. The Morgan fingerprint density at radius 2 is 2.00 bits per heavy atom. The van der Waals surface area contributed by atoms with Gasteiger partial charge in [-0.25, -0.2) is 0 Å². The fourth-order valence-electron chi connectivity index (χ4n) is 4.36. The minimum atomic E-state index is -0.310. The van der Waals surface area contributed by atoms with Crippen LogP contribution in [0.5, 0.6) is 0 Å². The van der Waals surface area contributed by atoms with Crippen LogP contribution in [0.3, 0.4) is 0 Å². The van der Waals surface area contributed by atoms with Gasteiger partial charge in [-0.3, -0.25) is 9.59 Å². The molecule has 0 N–H and O–H groups in total. The molecule has 5 heteroatoms. The second-order valence-corrected chi connectivity index (χ2v) is 6.29. The number of hydrogen-bond acceptors (Lipinski definition) is 3. The molecule has 4 rings (SSSR count). The average Bonchev–Trinajstić information content (AvgIpc) is 3.11. The third kappa shape index (κ3) is 1.51. The van der Waals surface area contributed by atoms with Crippen LogP contribution in [0.15, 0.2) is 0 Å². The first kappa shape index (κ1) is 11.7. The zero-order valence-corrected chi connectivity index (χ0v) is 11.2. The van der Waals surface area contributed by atoms with Crippen molar-refractivity contribution in [3.63, 3.8) is 0 Å². The number of carbonyl (C=O) groups is 2. The lowest BCUT2D eigenvalue weighted by atomic mass is 9.91. The lowest BCUT2D eigenvalue weighted by molar-refractivity contribution is -0.162. The summed E-state index contributed by atoms with van der Waals surface area (Å²) in [5, 5.41) is 0. The molecule has 4 aliphatic rings. The molecule has 5 atom stereocenters. The topological polar surface area (TPSA) is 49.9 Å². The van der Waals surface area contributed by atoms with Gasteiger partial charge in [-0.1, -0.05) is 0 Å². The molecule has 5 unspecified atom stereocenters. The van der Waals surface area contributed by atoms with Crippen LogP contribution < -0.4 is 0 Å². The van der Waals surface area contributed by atoms with Crippen LogP contribution in [0.25, 0.3) is 0 Å². The van der Waals surface area contributed by atoms with E-state index in [1.165, 1.54) is 0 Å². The Kier molecular flexibility index (Phi) is 2.43. The van der Waals surface area contributed by atoms with E-state index >= 15 is 0 Å². The number of hydrogen-bond donors (Lipinski definition) is 0. The number of rotatable bonds is 1. The molecule has 0 aromatic heterocycles. The Balaban J connectivity index is 1.63. The molecule has 0 aromatic rings. The van der Waals surface area contributed by atoms with Crippen molar-refractivity contribution in [2.24, 2.45) is 0 Å². The smallest absolute Gasteiger partial charge is 0.246 e. The van der Waals surface area contributed by atoms with E-state index < -0.39 is 0 Å². The lowest BCUT2D eigenvalue weighted by Gasteiger charge is -2.45. The highest BCUT2D eigenvalue weighted by Crippen LogP contribution is 2.40. The predicted octanol–water partition coefficient (Wildman–Crippen LogP) is 0.528. The Bertz CT molecular complexity index is 438. The van der Waals surface area contributed by atoms with Crippen LogP contribution in [-0.2, 0) is 14.3 Å². The van der Waals surface area contributed by atoms with Gasteiger partial charge in [0.1, 0.15) is 12.1 Å². The van der Waals surface area contributed by atoms with Crippen LogP contribution in [-0.4, -0.2) is 58.5 Å². The van der Waals surface area contributed by atoms with Crippen molar-refractivity contribution >= 4 is 11.8 Å². The van der Waals surface area contributed by atoms with Crippen molar-refractivity contribution in [3.8, 4) is 0 Å². The highest BCUT2D eigenvalue weighted by atomic mass is 16.5. The second kappa shape index (κ2) is 3.95. The standard InChI is InChI=1S/C14H20N2O3/c1-8-13(17)15-6-2-3-10(15)14(18)16(8)11-7-9-4-5-12(11)19-9/h8-12H,2-7H2,1H3. The minimum absolute atomic E-state index is 0.130. The molecule has 104 valence electrons. The van der Waals surface area contributed by atoms with E-state index in [-0.39, 0.29) is 36.0 Å². The van der Waals surface area contributed by atoms with Gasteiger partial charge < -0.3 is 14.5 Å². The average molecular weight is 264 g/mol. The van der Waals surface area contributed by atoms with E-state index in [0.717, 1.165) is 38.6 Å². The molecule has 4 saturated heterocycles. The van der Waals surface area contributed by atoms with E-state index in [4.69, 9.17) is 4.74 Å². The highest BCUT2D eigenvalue weighted by molar-refractivity contribution is 5.97. The van der Waals surface area contributed by atoms with Gasteiger partial charge in [-0.15, -0.1) is 0 Å². The first-order valence-corrected chi connectivity index (χ1v) is 7.45. The van der Waals surface area contributed by atoms with Crippen molar-refractivity contribution in [1.29, 1.82) is 0 Å². The monoisotopic (exact) mass is 264 g/mol. The Morgan fingerprint density at radius 1 is 1.16 bits per heavy atom. The van der Waals surface area contributed by atoms with Gasteiger partial charge >= 0.3 is 0 Å². The number of piperazine rings is 1. The molecule has 2 amide bonds. The van der Waals surface area contributed by atoms with E-state index in [1.807, 2.05) is 11.8 Å². The summed E-state index contributed by atoms with van der Waals surface area (Å²) >= 11 is 0. The maximum atomic E-state index is 12.7. The Labute approximate surface area is 112 Å². The quantitative estimate of drug-likeness (QED) is 0.694. The largest absolute Gasteiger partial charge is 0.373 e. The van der Waals surface area contributed by atoms with Gasteiger partial charge in [-0.05, 0) is 39.0 Å². The molecular weight excluding hydrogens is 244 g/mol. The third-order valence-electron chi connectivity index (χ3n) is 5.28. The van der Waals surface area contributed by atoms with Gasteiger partial charge in [0.15, 0.2) is 0 Å². The summed E-state index contributed by atoms with van der Waals surface area (Å²) in [6.45, 7) is 2.63. The summed E-state index contributed by atoms with van der Waals surface area (Å²) in [5.74, 6) is 0.288. The molecule has 19 heavy (non-hydrogen) atoms. The predicted molar refractivity (Wildman–Crippen MR) is 67.3 cm³/mol. The zero-order chi connectivity index (χ0) is 13.1. The normalized spacial score (nSPS) is 45.2. The number of carbonyl (C=O) groups excluding carboxylic acids is 2. The molecule has 0 radical (unpaired) electrons. The number of ether oxygens (including phenoxy) is 1. The van der Waals surface area contributed by atoms with Crippen LogP contribution >= 0.6 is 0 Å². The summed E-state index contributed by atoms with van der Waals surface area (Å²) < 4.78 is 5.86. The summed E-state index contributed by atoms with van der Waals surface area (Å²) in [6.07, 6.45) is 5.32. The molecule has 2 bridgehead atoms. The van der Waals surface area contributed by atoms with E-state index in [2.05, 4.69) is 0 Å². The van der Waals surface area contributed by atoms with Crippen LogP contribution in [0, 0.1) is 0 Å². The molecule has 5 nitrogen and oxygen atoms in total. The SMILES string of the molecule is CC1C(=O)N2CCCC2C(=O)N1C1CC2CCC1O2. The summed E-state index contributed by atoms with van der Waals surface area (Å²) in [4.78, 5) is 28.8. The number of amides is 2. The van der Waals surface area contributed by atoms with Gasteiger partial charge in [-0.2, -0.15) is 0 Å². The maximum Gasteiger partial charge on any atom is 0.246 e. The van der Waals surface area contributed by atoms with E-state index in [0.29, 0.717) is 6.10 Å². The fourth-order valence-corrected chi connectivity index (χ4v) is 4.36. The maximum absolute atomic E-state index is 12.7. The van der Waals surface area contributed by atoms with Gasteiger partial charge in [0.25, 0.3) is 0 Å². The molecular formula is C14H20N2O3. The summed E-state index contributed by atoms with van der Waals surface area (Å²) in [5.41, 5.74) is 0. The minimum Gasteiger partial charge on any atom is -0.373 e.